The molecule has 0 radical (unpaired) electrons. The standard InChI is InChI=1S/C14H24N2O2S/c1-12(16-6-10-19-11-7-16)14(17)15-5-2-13-3-8-18-9-4-13/h3,12H,2,4-11H2,1H3,(H,15,17). The molecule has 19 heavy (non-hydrogen) atoms. The van der Waals surface area contributed by atoms with E-state index in [4.69, 9.17) is 4.74 Å². The van der Waals surface area contributed by atoms with Crippen molar-refractivity contribution >= 4 is 17.7 Å². The Morgan fingerprint density at radius 2 is 2.32 bits per heavy atom. The van der Waals surface area contributed by atoms with E-state index in [0.717, 1.165) is 57.2 Å². The van der Waals surface area contributed by atoms with Crippen molar-refractivity contribution in [3.63, 3.8) is 0 Å². The molecule has 0 aromatic heterocycles. The maximum atomic E-state index is 12.1. The zero-order valence-corrected chi connectivity index (χ0v) is 12.5. The first-order valence-electron chi connectivity index (χ1n) is 7.12. The fourth-order valence-corrected chi connectivity index (χ4v) is 3.35. The van der Waals surface area contributed by atoms with E-state index in [1.165, 1.54) is 5.57 Å². The number of rotatable bonds is 5. The third-order valence-electron chi connectivity index (χ3n) is 3.78. The smallest absolute Gasteiger partial charge is 0.237 e. The lowest BCUT2D eigenvalue weighted by Crippen LogP contribution is -2.48. The monoisotopic (exact) mass is 284 g/mol. The number of thioether (sulfide) groups is 1. The Kier molecular flexibility index (Phi) is 6.20. The highest BCUT2D eigenvalue weighted by atomic mass is 32.2. The minimum atomic E-state index is 0.00423. The number of carbonyl (C=O) groups excluding carboxylic acids is 1. The lowest BCUT2D eigenvalue weighted by molar-refractivity contribution is -0.125. The zero-order chi connectivity index (χ0) is 13.5. The molecule has 2 rings (SSSR count). The van der Waals surface area contributed by atoms with Crippen LogP contribution in [0.3, 0.4) is 0 Å². The Labute approximate surface area is 119 Å². The molecule has 1 N–H and O–H groups in total. The molecule has 0 aromatic rings. The fourth-order valence-electron chi connectivity index (χ4n) is 2.42. The summed E-state index contributed by atoms with van der Waals surface area (Å²) in [6.07, 6.45) is 4.10. The number of hydrogen-bond acceptors (Lipinski definition) is 4. The Morgan fingerprint density at radius 1 is 1.53 bits per heavy atom. The van der Waals surface area contributed by atoms with Gasteiger partial charge in [0.15, 0.2) is 0 Å². The lowest BCUT2D eigenvalue weighted by Gasteiger charge is -2.31. The molecule has 1 unspecified atom stereocenters. The van der Waals surface area contributed by atoms with Gasteiger partial charge >= 0.3 is 0 Å². The van der Waals surface area contributed by atoms with E-state index in [1.807, 2.05) is 18.7 Å². The molecule has 1 fully saturated rings. The van der Waals surface area contributed by atoms with Crippen LogP contribution in [0.5, 0.6) is 0 Å². The summed E-state index contributed by atoms with van der Waals surface area (Å²) in [5.74, 6) is 2.45. The molecule has 0 saturated carbocycles. The van der Waals surface area contributed by atoms with Crippen molar-refractivity contribution in [3.8, 4) is 0 Å². The highest BCUT2D eigenvalue weighted by molar-refractivity contribution is 7.99. The molecular weight excluding hydrogens is 260 g/mol. The van der Waals surface area contributed by atoms with Gasteiger partial charge in [-0.2, -0.15) is 11.8 Å². The van der Waals surface area contributed by atoms with Crippen LogP contribution in [-0.2, 0) is 9.53 Å². The maximum Gasteiger partial charge on any atom is 0.237 e. The van der Waals surface area contributed by atoms with Gasteiger partial charge < -0.3 is 10.1 Å². The van der Waals surface area contributed by atoms with Crippen LogP contribution in [0.25, 0.3) is 0 Å². The number of amides is 1. The molecule has 1 amide bonds. The average Bonchev–Trinajstić information content (AvgIpc) is 2.48. The maximum absolute atomic E-state index is 12.1. The Bertz CT molecular complexity index is 327. The van der Waals surface area contributed by atoms with Crippen LogP contribution in [-0.4, -0.2) is 61.2 Å². The van der Waals surface area contributed by atoms with Gasteiger partial charge in [0.2, 0.25) is 5.91 Å². The van der Waals surface area contributed by atoms with Crippen molar-refractivity contribution in [2.24, 2.45) is 0 Å². The van der Waals surface area contributed by atoms with Gasteiger partial charge in [-0.25, -0.2) is 0 Å². The summed E-state index contributed by atoms with van der Waals surface area (Å²) in [4.78, 5) is 14.4. The first-order valence-corrected chi connectivity index (χ1v) is 8.28. The molecular formula is C14H24N2O2S. The Morgan fingerprint density at radius 3 is 3.00 bits per heavy atom. The first kappa shape index (κ1) is 14.9. The Balaban J connectivity index is 1.66. The SMILES string of the molecule is CC(C(=O)NCCC1=CCOCC1)N1CCSCC1. The highest BCUT2D eigenvalue weighted by Crippen LogP contribution is 2.13. The van der Waals surface area contributed by atoms with Gasteiger partial charge in [0.1, 0.15) is 0 Å². The number of nitrogens with one attached hydrogen (secondary N) is 1. The largest absolute Gasteiger partial charge is 0.377 e. The van der Waals surface area contributed by atoms with E-state index < -0.39 is 0 Å². The van der Waals surface area contributed by atoms with E-state index >= 15 is 0 Å². The van der Waals surface area contributed by atoms with E-state index in [1.54, 1.807) is 0 Å². The molecule has 0 spiro atoms. The summed E-state index contributed by atoms with van der Waals surface area (Å²) in [6.45, 7) is 6.37. The summed E-state index contributed by atoms with van der Waals surface area (Å²) in [7, 11) is 0. The molecule has 0 aliphatic carbocycles. The van der Waals surface area contributed by atoms with Crippen LogP contribution in [0, 0.1) is 0 Å². The molecule has 5 heteroatoms. The molecule has 108 valence electrons. The summed E-state index contributed by atoms with van der Waals surface area (Å²) in [5, 5.41) is 3.06. The normalized spacial score (nSPS) is 22.7. The summed E-state index contributed by atoms with van der Waals surface area (Å²) >= 11 is 1.97. The number of carbonyl (C=O) groups is 1. The molecule has 4 nitrogen and oxygen atoms in total. The van der Waals surface area contributed by atoms with Gasteiger partial charge in [0.25, 0.3) is 0 Å². The van der Waals surface area contributed by atoms with Crippen LogP contribution < -0.4 is 5.32 Å². The number of hydrogen-bond donors (Lipinski definition) is 1. The van der Waals surface area contributed by atoms with Crippen molar-refractivity contribution < 1.29 is 9.53 Å². The minimum Gasteiger partial charge on any atom is -0.377 e. The quantitative estimate of drug-likeness (QED) is 0.772. The van der Waals surface area contributed by atoms with Crippen molar-refractivity contribution in [3.05, 3.63) is 11.6 Å². The first-order chi connectivity index (χ1) is 9.27. The van der Waals surface area contributed by atoms with E-state index in [-0.39, 0.29) is 11.9 Å². The zero-order valence-electron chi connectivity index (χ0n) is 11.7. The summed E-state index contributed by atoms with van der Waals surface area (Å²) < 4.78 is 5.27. The van der Waals surface area contributed by atoms with Crippen molar-refractivity contribution in [1.82, 2.24) is 10.2 Å². The van der Waals surface area contributed by atoms with Gasteiger partial charge in [-0.3, -0.25) is 9.69 Å². The highest BCUT2D eigenvalue weighted by Gasteiger charge is 2.22. The third-order valence-corrected chi connectivity index (χ3v) is 4.72. The van der Waals surface area contributed by atoms with Gasteiger partial charge in [-0.05, 0) is 19.8 Å². The van der Waals surface area contributed by atoms with Gasteiger partial charge in [-0.15, -0.1) is 0 Å². The molecule has 2 heterocycles. The number of nitrogens with zero attached hydrogens (tertiary/aromatic N) is 1. The molecule has 2 aliphatic rings. The second-order valence-corrected chi connectivity index (χ2v) is 6.28. The average molecular weight is 284 g/mol. The summed E-state index contributed by atoms with van der Waals surface area (Å²) in [6, 6.07) is 0.00423. The van der Waals surface area contributed by atoms with Gasteiger partial charge in [0, 0.05) is 31.1 Å². The third kappa shape index (κ3) is 4.82. The molecule has 1 atom stereocenters. The minimum absolute atomic E-state index is 0.00423. The van der Waals surface area contributed by atoms with E-state index in [9.17, 15) is 4.79 Å². The van der Waals surface area contributed by atoms with Crippen molar-refractivity contribution in [2.75, 3.05) is 44.4 Å². The van der Waals surface area contributed by atoms with Crippen molar-refractivity contribution in [1.29, 1.82) is 0 Å². The predicted octanol–water partition coefficient (Wildman–Crippen LogP) is 1.28. The lowest BCUT2D eigenvalue weighted by atomic mass is 10.1. The van der Waals surface area contributed by atoms with Gasteiger partial charge in [-0.1, -0.05) is 11.6 Å². The van der Waals surface area contributed by atoms with Crippen LogP contribution in [0.1, 0.15) is 19.8 Å². The fraction of sp³-hybridized carbons (Fsp3) is 0.786. The predicted molar refractivity (Wildman–Crippen MR) is 79.5 cm³/mol. The molecule has 0 bridgehead atoms. The topological polar surface area (TPSA) is 41.6 Å². The molecule has 2 aliphatic heterocycles. The molecule has 0 aromatic carbocycles. The van der Waals surface area contributed by atoms with Crippen LogP contribution >= 0.6 is 11.8 Å². The van der Waals surface area contributed by atoms with Crippen molar-refractivity contribution in [2.45, 2.75) is 25.8 Å². The second kappa shape index (κ2) is 7.92. The van der Waals surface area contributed by atoms with E-state index in [2.05, 4.69) is 16.3 Å². The Hall–Kier alpha value is -0.520. The number of ether oxygens (including phenoxy) is 1. The van der Waals surface area contributed by atoms with Crippen LogP contribution in [0.15, 0.2) is 11.6 Å². The molecule has 1 saturated heterocycles. The van der Waals surface area contributed by atoms with E-state index in [0.29, 0.717) is 0 Å². The van der Waals surface area contributed by atoms with Crippen LogP contribution in [0.2, 0.25) is 0 Å². The van der Waals surface area contributed by atoms with Crippen LogP contribution in [0.4, 0.5) is 0 Å². The second-order valence-electron chi connectivity index (χ2n) is 5.05. The van der Waals surface area contributed by atoms with Gasteiger partial charge in [0.05, 0.1) is 19.3 Å². The summed E-state index contributed by atoms with van der Waals surface area (Å²) in [5.41, 5.74) is 1.41.